The van der Waals surface area contributed by atoms with Crippen LogP contribution < -0.4 is 5.32 Å². The van der Waals surface area contributed by atoms with Crippen LogP contribution in [-0.4, -0.2) is 37.9 Å². The molecule has 1 atom stereocenters. The van der Waals surface area contributed by atoms with E-state index < -0.39 is 4.92 Å². The second kappa shape index (κ2) is 6.81. The minimum atomic E-state index is -0.434. The van der Waals surface area contributed by atoms with Crippen molar-refractivity contribution in [3.63, 3.8) is 0 Å². The zero-order valence-electron chi connectivity index (χ0n) is 14.1. The molecule has 0 saturated heterocycles. The Morgan fingerprint density at radius 1 is 1.36 bits per heavy atom. The van der Waals surface area contributed by atoms with Crippen LogP contribution in [0.4, 0.5) is 5.69 Å². The molecular weight excluding hydrogens is 324 g/mol. The number of likely N-dealkylation sites (N-methyl/N-ethyl adjacent to an activating group) is 1. The predicted molar refractivity (Wildman–Crippen MR) is 90.8 cm³/mol. The molecule has 1 aromatic carbocycles. The second-order valence-corrected chi connectivity index (χ2v) is 5.78. The van der Waals surface area contributed by atoms with Gasteiger partial charge in [0.05, 0.1) is 10.5 Å². The van der Waals surface area contributed by atoms with Crippen LogP contribution in [0.1, 0.15) is 12.7 Å². The van der Waals surface area contributed by atoms with Gasteiger partial charge in [0.1, 0.15) is 5.69 Å². The van der Waals surface area contributed by atoms with Gasteiger partial charge in [0.25, 0.3) is 11.6 Å². The zero-order valence-corrected chi connectivity index (χ0v) is 14.1. The maximum Gasteiger partial charge on any atom is 0.269 e. The number of rotatable bonds is 6. The average Bonchev–Trinajstić information content (AvgIpc) is 3.21. The molecule has 0 spiro atoms. The van der Waals surface area contributed by atoms with Crippen LogP contribution >= 0.6 is 0 Å². The van der Waals surface area contributed by atoms with E-state index in [1.807, 2.05) is 14.0 Å². The van der Waals surface area contributed by atoms with Crippen LogP contribution in [0.2, 0.25) is 0 Å². The summed E-state index contributed by atoms with van der Waals surface area (Å²) in [5.41, 5.74) is 2.09. The molecule has 9 heteroatoms. The summed E-state index contributed by atoms with van der Waals surface area (Å²) in [6.07, 6.45) is 2.43. The first kappa shape index (κ1) is 16.8. The van der Waals surface area contributed by atoms with Gasteiger partial charge >= 0.3 is 0 Å². The van der Waals surface area contributed by atoms with Gasteiger partial charge in [-0.15, -0.1) is 0 Å². The van der Waals surface area contributed by atoms with Gasteiger partial charge in [0, 0.05) is 43.4 Å². The molecule has 25 heavy (non-hydrogen) atoms. The Labute approximate surface area is 143 Å². The highest BCUT2D eigenvalue weighted by molar-refractivity contribution is 5.76. The number of nitrogens with zero attached hydrogens (tertiary/aromatic N) is 5. The molecule has 9 nitrogen and oxygen atoms in total. The number of nitrogens with one attached hydrogen (secondary N) is 1. The fourth-order valence-electron chi connectivity index (χ4n) is 2.42. The fourth-order valence-corrected chi connectivity index (χ4v) is 2.42. The van der Waals surface area contributed by atoms with Crippen LogP contribution in [0.3, 0.4) is 0 Å². The highest BCUT2D eigenvalue weighted by atomic mass is 16.6. The number of nitro groups is 1. The van der Waals surface area contributed by atoms with E-state index in [4.69, 9.17) is 4.52 Å². The molecule has 0 radical (unpaired) electrons. The number of hydrogen-bond donors (Lipinski definition) is 1. The lowest BCUT2D eigenvalue weighted by atomic mass is 10.1. The molecule has 2 aromatic heterocycles. The third-order valence-corrected chi connectivity index (χ3v) is 3.86. The van der Waals surface area contributed by atoms with Crippen molar-refractivity contribution in [1.29, 1.82) is 0 Å². The van der Waals surface area contributed by atoms with E-state index in [9.17, 15) is 10.1 Å². The lowest BCUT2D eigenvalue weighted by molar-refractivity contribution is -0.384. The van der Waals surface area contributed by atoms with Gasteiger partial charge in [-0.1, -0.05) is 5.16 Å². The summed E-state index contributed by atoms with van der Waals surface area (Å²) in [4.78, 5) is 14.8. The van der Waals surface area contributed by atoms with Crippen LogP contribution in [0.25, 0.3) is 22.7 Å². The van der Waals surface area contributed by atoms with Gasteiger partial charge in [-0.25, -0.2) is 0 Å². The van der Waals surface area contributed by atoms with Crippen LogP contribution in [0, 0.1) is 10.1 Å². The van der Waals surface area contributed by atoms with Gasteiger partial charge in [0.2, 0.25) is 0 Å². The van der Waals surface area contributed by atoms with Crippen molar-refractivity contribution in [3.05, 3.63) is 46.4 Å². The molecule has 0 bridgehead atoms. The highest BCUT2D eigenvalue weighted by Gasteiger charge is 2.19. The molecule has 2 heterocycles. The summed E-state index contributed by atoms with van der Waals surface area (Å²) >= 11 is 0. The number of benzene rings is 1. The zero-order chi connectivity index (χ0) is 18.0. The molecule has 0 fully saturated rings. The SMILES string of the molecule is CNC(C)Cc1noc(-c2cn(C)nc2-c2ccc([N+](=O)[O-])cc2)n1. The largest absolute Gasteiger partial charge is 0.334 e. The highest BCUT2D eigenvalue weighted by Crippen LogP contribution is 2.30. The smallest absolute Gasteiger partial charge is 0.269 e. The Balaban J connectivity index is 1.94. The van der Waals surface area contributed by atoms with E-state index in [0.717, 1.165) is 5.56 Å². The van der Waals surface area contributed by atoms with Gasteiger partial charge in [-0.3, -0.25) is 14.8 Å². The van der Waals surface area contributed by atoms with E-state index in [2.05, 4.69) is 20.6 Å². The maximum atomic E-state index is 10.8. The van der Waals surface area contributed by atoms with Crippen molar-refractivity contribution in [2.24, 2.45) is 7.05 Å². The standard InChI is InChI=1S/C16H18N6O3/c1-10(17-2)8-14-18-16(25-20-14)13-9-21(3)19-15(13)11-4-6-12(7-5-11)22(23)24/h4-7,9-10,17H,8H2,1-3H3. The Morgan fingerprint density at radius 3 is 2.72 bits per heavy atom. The molecule has 3 aromatic rings. The minimum Gasteiger partial charge on any atom is -0.334 e. The Bertz CT molecular complexity index is 884. The number of aromatic nitrogens is 4. The average molecular weight is 342 g/mol. The first-order chi connectivity index (χ1) is 12.0. The molecule has 1 N–H and O–H groups in total. The van der Waals surface area contributed by atoms with Crippen molar-refractivity contribution in [1.82, 2.24) is 25.2 Å². The number of non-ortho nitro benzene ring substituents is 1. The summed E-state index contributed by atoms with van der Waals surface area (Å²) in [6, 6.07) is 6.44. The third-order valence-electron chi connectivity index (χ3n) is 3.86. The Hall–Kier alpha value is -3.07. The molecule has 1 unspecified atom stereocenters. The molecule has 0 amide bonds. The topological polar surface area (TPSA) is 112 Å². The minimum absolute atomic E-state index is 0.0300. The first-order valence-corrected chi connectivity index (χ1v) is 7.76. The van der Waals surface area contributed by atoms with E-state index in [1.54, 1.807) is 30.1 Å². The van der Waals surface area contributed by atoms with Gasteiger partial charge in [-0.05, 0) is 26.1 Å². The lowest BCUT2D eigenvalue weighted by Gasteiger charge is -2.04. The van der Waals surface area contributed by atoms with Crippen LogP contribution in [0.5, 0.6) is 0 Å². The van der Waals surface area contributed by atoms with Gasteiger partial charge in [0.15, 0.2) is 5.82 Å². The van der Waals surface area contributed by atoms with Crippen molar-refractivity contribution in [2.45, 2.75) is 19.4 Å². The van der Waals surface area contributed by atoms with E-state index in [0.29, 0.717) is 29.4 Å². The molecular formula is C16H18N6O3. The molecule has 0 aliphatic rings. The summed E-state index contributed by atoms with van der Waals surface area (Å²) in [5, 5.41) is 22.4. The monoisotopic (exact) mass is 342 g/mol. The fraction of sp³-hybridized carbons (Fsp3) is 0.312. The van der Waals surface area contributed by atoms with E-state index in [-0.39, 0.29) is 11.7 Å². The number of aryl methyl sites for hydroxylation is 1. The Kier molecular flexibility index (Phi) is 4.57. The van der Waals surface area contributed by atoms with Gasteiger partial charge in [-0.2, -0.15) is 10.1 Å². The van der Waals surface area contributed by atoms with Crippen LogP contribution in [-0.2, 0) is 13.5 Å². The summed E-state index contributed by atoms with van der Waals surface area (Å²) in [5.74, 6) is 0.982. The number of nitro benzene ring substituents is 1. The summed E-state index contributed by atoms with van der Waals surface area (Å²) < 4.78 is 7.03. The normalized spacial score (nSPS) is 12.3. The molecule has 0 saturated carbocycles. The maximum absolute atomic E-state index is 10.8. The van der Waals surface area contributed by atoms with Crippen LogP contribution in [0.15, 0.2) is 35.0 Å². The van der Waals surface area contributed by atoms with Crippen molar-refractivity contribution in [3.8, 4) is 22.7 Å². The lowest BCUT2D eigenvalue weighted by Crippen LogP contribution is -2.24. The summed E-state index contributed by atoms with van der Waals surface area (Å²) in [7, 11) is 3.66. The molecule has 3 rings (SSSR count). The number of hydrogen-bond acceptors (Lipinski definition) is 7. The Morgan fingerprint density at radius 2 is 2.08 bits per heavy atom. The van der Waals surface area contributed by atoms with Gasteiger partial charge < -0.3 is 9.84 Å². The second-order valence-electron chi connectivity index (χ2n) is 5.78. The molecule has 0 aliphatic carbocycles. The first-order valence-electron chi connectivity index (χ1n) is 7.76. The predicted octanol–water partition coefficient (Wildman–Crippen LogP) is 2.20. The quantitative estimate of drug-likeness (QED) is 0.540. The van der Waals surface area contributed by atoms with E-state index in [1.165, 1.54) is 12.1 Å². The summed E-state index contributed by atoms with van der Waals surface area (Å²) in [6.45, 7) is 2.03. The van der Waals surface area contributed by atoms with Crippen molar-refractivity contribution in [2.75, 3.05) is 7.05 Å². The molecule has 130 valence electrons. The van der Waals surface area contributed by atoms with Crippen molar-refractivity contribution >= 4 is 5.69 Å². The van der Waals surface area contributed by atoms with E-state index >= 15 is 0 Å². The molecule has 0 aliphatic heterocycles. The third kappa shape index (κ3) is 3.56. The van der Waals surface area contributed by atoms with Crippen molar-refractivity contribution < 1.29 is 9.45 Å².